The van der Waals surface area contributed by atoms with Crippen molar-refractivity contribution in [3.8, 4) is 0 Å². The van der Waals surface area contributed by atoms with Gasteiger partial charge in [-0.3, -0.25) is 9.59 Å². The largest absolute Gasteiger partial charge is 0.350 e. The number of likely N-dealkylation sites (tertiary alicyclic amines) is 1. The normalized spacial score (nSPS) is 19.4. The summed E-state index contributed by atoms with van der Waals surface area (Å²) in [6, 6.07) is -0.459. The van der Waals surface area contributed by atoms with Gasteiger partial charge in [0, 0.05) is 19.0 Å². The Kier molecular flexibility index (Phi) is 4.93. The van der Waals surface area contributed by atoms with Crippen molar-refractivity contribution < 1.29 is 9.59 Å². The highest BCUT2D eigenvalue weighted by Crippen LogP contribution is 2.17. The summed E-state index contributed by atoms with van der Waals surface area (Å²) in [5, 5.41) is 7.08. The third-order valence-electron chi connectivity index (χ3n) is 4.12. The number of nitrogens with one attached hydrogen (secondary N) is 1. The van der Waals surface area contributed by atoms with Crippen LogP contribution in [0.1, 0.15) is 46.1 Å². The monoisotopic (exact) mass is 293 g/mol. The second-order valence-corrected chi connectivity index (χ2v) is 5.53. The van der Waals surface area contributed by atoms with Gasteiger partial charge in [-0.1, -0.05) is 6.92 Å². The van der Waals surface area contributed by atoms with Gasteiger partial charge < -0.3 is 10.2 Å². The Labute approximate surface area is 124 Å². The van der Waals surface area contributed by atoms with Gasteiger partial charge in [-0.15, -0.1) is 0 Å². The van der Waals surface area contributed by atoms with Gasteiger partial charge in [-0.2, -0.15) is 5.10 Å². The molecular formula is C14H23N5O2. The molecule has 1 N–H and O–H groups in total. The van der Waals surface area contributed by atoms with E-state index in [1.807, 2.05) is 20.8 Å². The molecule has 0 aromatic carbocycles. The maximum absolute atomic E-state index is 12.4. The number of carbonyl (C=O) groups is 2. The molecule has 2 rings (SSSR count). The Morgan fingerprint density at radius 2 is 2.24 bits per heavy atom. The van der Waals surface area contributed by atoms with Crippen molar-refractivity contribution in [3.05, 3.63) is 12.7 Å². The number of carbonyl (C=O) groups excluding carboxylic acids is 2. The average Bonchev–Trinajstić information content (AvgIpc) is 3.11. The van der Waals surface area contributed by atoms with Crippen LogP contribution >= 0.6 is 0 Å². The van der Waals surface area contributed by atoms with Crippen LogP contribution in [0.4, 0.5) is 0 Å². The molecule has 1 aromatic rings. The van der Waals surface area contributed by atoms with Crippen LogP contribution in [0.2, 0.25) is 0 Å². The fourth-order valence-electron chi connectivity index (χ4n) is 2.64. The Hall–Kier alpha value is -1.92. The molecule has 0 spiro atoms. The lowest BCUT2D eigenvalue weighted by atomic mass is 10.1. The molecule has 3 atom stereocenters. The van der Waals surface area contributed by atoms with Crippen molar-refractivity contribution in [2.45, 2.75) is 58.2 Å². The van der Waals surface area contributed by atoms with Crippen LogP contribution in [0.25, 0.3) is 0 Å². The van der Waals surface area contributed by atoms with Crippen LogP contribution in [0.5, 0.6) is 0 Å². The molecule has 1 fully saturated rings. The Balaban J connectivity index is 1.97. The lowest BCUT2D eigenvalue weighted by Gasteiger charge is -2.29. The molecule has 0 unspecified atom stereocenters. The molecule has 1 aliphatic rings. The van der Waals surface area contributed by atoms with E-state index in [0.717, 1.165) is 6.42 Å². The van der Waals surface area contributed by atoms with Crippen LogP contribution in [0.3, 0.4) is 0 Å². The van der Waals surface area contributed by atoms with Crippen LogP contribution < -0.4 is 5.32 Å². The van der Waals surface area contributed by atoms with Crippen molar-refractivity contribution in [1.82, 2.24) is 25.0 Å². The minimum atomic E-state index is -0.370. The number of hydrogen-bond donors (Lipinski definition) is 1. The summed E-state index contributed by atoms with van der Waals surface area (Å²) in [4.78, 5) is 29.9. The maximum Gasteiger partial charge on any atom is 0.243 e. The first-order valence-corrected chi connectivity index (χ1v) is 7.48. The van der Waals surface area contributed by atoms with Crippen LogP contribution in [0, 0.1) is 0 Å². The van der Waals surface area contributed by atoms with E-state index >= 15 is 0 Å². The zero-order valence-electron chi connectivity index (χ0n) is 12.8. The molecule has 7 heteroatoms. The summed E-state index contributed by atoms with van der Waals surface area (Å²) >= 11 is 0. The Morgan fingerprint density at radius 1 is 1.48 bits per heavy atom. The third-order valence-corrected chi connectivity index (χ3v) is 4.12. The van der Waals surface area contributed by atoms with E-state index in [0.29, 0.717) is 19.4 Å². The highest BCUT2D eigenvalue weighted by atomic mass is 16.2. The van der Waals surface area contributed by atoms with Gasteiger partial charge in [-0.25, -0.2) is 9.67 Å². The summed E-state index contributed by atoms with van der Waals surface area (Å²) < 4.78 is 1.72. The SMILES string of the molecule is CC[C@H](C(=O)N[C@H](C)[C@@H](C)n1cncn1)N1CCCC1=O. The topological polar surface area (TPSA) is 80.1 Å². The second-order valence-electron chi connectivity index (χ2n) is 5.53. The van der Waals surface area contributed by atoms with Crippen molar-refractivity contribution in [2.75, 3.05) is 6.54 Å². The smallest absolute Gasteiger partial charge is 0.243 e. The minimum absolute atomic E-state index is 0.00300. The molecule has 116 valence electrons. The first-order valence-electron chi connectivity index (χ1n) is 7.48. The Morgan fingerprint density at radius 3 is 2.76 bits per heavy atom. The fraction of sp³-hybridized carbons (Fsp3) is 0.714. The van der Waals surface area contributed by atoms with Crippen molar-refractivity contribution in [3.63, 3.8) is 0 Å². The molecule has 2 amide bonds. The second kappa shape index (κ2) is 6.69. The molecule has 0 radical (unpaired) electrons. The molecule has 7 nitrogen and oxygen atoms in total. The van der Waals surface area contributed by atoms with E-state index in [4.69, 9.17) is 0 Å². The molecular weight excluding hydrogens is 270 g/mol. The van der Waals surface area contributed by atoms with E-state index in [2.05, 4.69) is 15.4 Å². The zero-order valence-corrected chi connectivity index (χ0v) is 12.8. The fourth-order valence-corrected chi connectivity index (χ4v) is 2.64. The van der Waals surface area contributed by atoms with Gasteiger partial charge in [0.1, 0.15) is 18.7 Å². The van der Waals surface area contributed by atoms with Crippen LogP contribution in [-0.4, -0.2) is 50.1 Å². The van der Waals surface area contributed by atoms with Gasteiger partial charge in [0.05, 0.1) is 6.04 Å². The summed E-state index contributed by atoms with van der Waals surface area (Å²) in [5.41, 5.74) is 0. The molecule has 1 aliphatic heterocycles. The summed E-state index contributed by atoms with van der Waals surface area (Å²) in [6.45, 7) is 6.52. The van der Waals surface area contributed by atoms with E-state index in [9.17, 15) is 9.59 Å². The highest BCUT2D eigenvalue weighted by Gasteiger charge is 2.32. The number of aromatic nitrogens is 3. The predicted octanol–water partition coefficient (Wildman–Crippen LogP) is 0.745. The summed E-state index contributed by atoms with van der Waals surface area (Å²) in [7, 11) is 0. The van der Waals surface area contributed by atoms with E-state index in [1.165, 1.54) is 6.33 Å². The number of rotatable bonds is 6. The van der Waals surface area contributed by atoms with E-state index in [1.54, 1.807) is 15.9 Å². The van der Waals surface area contributed by atoms with Gasteiger partial charge in [0.2, 0.25) is 11.8 Å². The molecule has 1 saturated heterocycles. The van der Waals surface area contributed by atoms with Crippen molar-refractivity contribution >= 4 is 11.8 Å². The average molecular weight is 293 g/mol. The van der Waals surface area contributed by atoms with Gasteiger partial charge in [0.25, 0.3) is 0 Å². The summed E-state index contributed by atoms with van der Waals surface area (Å²) in [5.74, 6) is -0.0128. The third kappa shape index (κ3) is 3.40. The minimum Gasteiger partial charge on any atom is -0.350 e. The highest BCUT2D eigenvalue weighted by molar-refractivity contribution is 5.88. The number of amides is 2. The number of nitrogens with zero attached hydrogens (tertiary/aromatic N) is 4. The van der Waals surface area contributed by atoms with Crippen molar-refractivity contribution in [1.29, 1.82) is 0 Å². The quantitative estimate of drug-likeness (QED) is 0.839. The molecule has 0 aliphatic carbocycles. The molecule has 21 heavy (non-hydrogen) atoms. The molecule has 0 saturated carbocycles. The van der Waals surface area contributed by atoms with E-state index < -0.39 is 0 Å². The maximum atomic E-state index is 12.4. The lowest BCUT2D eigenvalue weighted by Crippen LogP contribution is -2.50. The first-order chi connectivity index (χ1) is 10.0. The first kappa shape index (κ1) is 15.5. The lowest BCUT2D eigenvalue weighted by molar-refractivity contribution is -0.138. The molecule has 1 aromatic heterocycles. The summed E-state index contributed by atoms with van der Waals surface area (Å²) in [6.07, 6.45) is 5.13. The van der Waals surface area contributed by atoms with Crippen LogP contribution in [-0.2, 0) is 9.59 Å². The van der Waals surface area contributed by atoms with Gasteiger partial charge >= 0.3 is 0 Å². The number of hydrogen-bond acceptors (Lipinski definition) is 4. The molecule has 0 bridgehead atoms. The van der Waals surface area contributed by atoms with Gasteiger partial charge in [0.15, 0.2) is 0 Å². The van der Waals surface area contributed by atoms with Crippen LogP contribution in [0.15, 0.2) is 12.7 Å². The molecule has 2 heterocycles. The Bertz CT molecular complexity index is 488. The van der Waals surface area contributed by atoms with Gasteiger partial charge in [-0.05, 0) is 26.7 Å². The standard InChI is InChI=1S/C14H23N5O2/c1-4-12(18-7-5-6-13(18)20)14(21)17-10(2)11(3)19-9-15-8-16-19/h8-12H,4-7H2,1-3H3,(H,17,21)/t10-,11-,12-/m1/s1. The zero-order chi connectivity index (χ0) is 15.4. The van der Waals surface area contributed by atoms with E-state index in [-0.39, 0.29) is 29.9 Å². The predicted molar refractivity (Wildman–Crippen MR) is 77.4 cm³/mol. The van der Waals surface area contributed by atoms with Crippen molar-refractivity contribution in [2.24, 2.45) is 0 Å².